The number of hydrogen-bond donors (Lipinski definition) is 0. The molecule has 0 saturated heterocycles. The van der Waals surface area contributed by atoms with Crippen LogP contribution in [0.25, 0.3) is 0 Å². The van der Waals surface area contributed by atoms with Gasteiger partial charge in [0.1, 0.15) is 9.48 Å². The van der Waals surface area contributed by atoms with Crippen molar-refractivity contribution in [2.24, 2.45) is 0 Å². The first-order valence-electron chi connectivity index (χ1n) is 5.76. The minimum Gasteiger partial charge on any atom is -0.257 e. The van der Waals surface area contributed by atoms with Crippen LogP contribution >= 0.6 is 11.8 Å². The molecule has 0 bridgehead atoms. The molecule has 0 spiro atoms. The van der Waals surface area contributed by atoms with Crippen LogP contribution in [0, 0.1) is 10.7 Å². The van der Waals surface area contributed by atoms with Crippen molar-refractivity contribution in [3.8, 4) is 5.40 Å². The largest absolute Gasteiger partial charge is 0.257 e. The fourth-order valence-corrected chi connectivity index (χ4v) is 5.16. The molecule has 1 aliphatic rings. The fourth-order valence-electron chi connectivity index (χ4n) is 2.16. The van der Waals surface area contributed by atoms with Gasteiger partial charge in [-0.3, -0.25) is 4.21 Å². The standard InChI is InChI=1S/C14H15NOS2/c1-11-8-14(17-10-15,18(16)9-12(11)2)13-6-4-3-5-7-13/h3-7H,8-9H2,1-2H3/t14-,18+/m0/s1. The number of rotatable bonds is 2. The summed E-state index contributed by atoms with van der Waals surface area (Å²) in [5.41, 5.74) is 3.43. The zero-order chi connectivity index (χ0) is 13.2. The van der Waals surface area contributed by atoms with Crippen molar-refractivity contribution in [3.05, 3.63) is 47.0 Å². The van der Waals surface area contributed by atoms with Gasteiger partial charge in [-0.15, -0.1) is 0 Å². The quantitative estimate of drug-likeness (QED) is 0.613. The number of allylic oxidation sites excluding steroid dienone is 1. The van der Waals surface area contributed by atoms with Crippen LogP contribution in [0.1, 0.15) is 25.8 Å². The van der Waals surface area contributed by atoms with Gasteiger partial charge in [-0.1, -0.05) is 41.5 Å². The molecule has 1 aliphatic heterocycles. The first-order chi connectivity index (χ1) is 8.60. The summed E-state index contributed by atoms with van der Waals surface area (Å²) < 4.78 is 12.0. The average Bonchev–Trinajstić information content (AvgIpc) is 2.37. The third-order valence-electron chi connectivity index (χ3n) is 3.37. The fraction of sp³-hybridized carbons (Fsp3) is 0.357. The van der Waals surface area contributed by atoms with Crippen molar-refractivity contribution in [1.29, 1.82) is 5.26 Å². The van der Waals surface area contributed by atoms with Crippen LogP contribution in [-0.2, 0) is 14.9 Å². The van der Waals surface area contributed by atoms with E-state index in [1.54, 1.807) is 0 Å². The Morgan fingerprint density at radius 2 is 1.94 bits per heavy atom. The van der Waals surface area contributed by atoms with E-state index in [2.05, 4.69) is 12.3 Å². The molecule has 1 aromatic carbocycles. The molecule has 18 heavy (non-hydrogen) atoms. The highest BCUT2D eigenvalue weighted by Crippen LogP contribution is 2.47. The monoisotopic (exact) mass is 277 g/mol. The zero-order valence-electron chi connectivity index (χ0n) is 10.5. The highest BCUT2D eigenvalue weighted by molar-refractivity contribution is 8.14. The Bertz CT molecular complexity index is 545. The first-order valence-corrected chi connectivity index (χ1v) is 7.90. The van der Waals surface area contributed by atoms with E-state index in [1.165, 1.54) is 11.1 Å². The van der Waals surface area contributed by atoms with E-state index < -0.39 is 14.9 Å². The summed E-state index contributed by atoms with van der Waals surface area (Å²) in [4.78, 5) is 0. The summed E-state index contributed by atoms with van der Waals surface area (Å²) in [5, 5.41) is 11.2. The Hall–Kier alpha value is -1.05. The maximum absolute atomic E-state index is 12.6. The maximum Gasteiger partial charge on any atom is 0.135 e. The highest BCUT2D eigenvalue weighted by Gasteiger charge is 2.42. The van der Waals surface area contributed by atoms with Crippen LogP contribution in [0.2, 0.25) is 0 Å². The van der Waals surface area contributed by atoms with Gasteiger partial charge in [0, 0.05) is 16.6 Å². The number of thioether (sulfide) groups is 1. The third-order valence-corrected chi connectivity index (χ3v) is 6.79. The predicted molar refractivity (Wildman–Crippen MR) is 77.3 cm³/mol. The van der Waals surface area contributed by atoms with Crippen molar-refractivity contribution >= 4 is 22.6 Å². The number of benzene rings is 1. The van der Waals surface area contributed by atoms with Gasteiger partial charge >= 0.3 is 0 Å². The Morgan fingerprint density at radius 3 is 2.56 bits per heavy atom. The lowest BCUT2D eigenvalue weighted by molar-refractivity contribution is 0.658. The number of nitrogens with zero attached hydrogens (tertiary/aromatic N) is 1. The molecule has 0 N–H and O–H groups in total. The average molecular weight is 277 g/mol. The van der Waals surface area contributed by atoms with E-state index >= 15 is 0 Å². The lowest BCUT2D eigenvalue weighted by Gasteiger charge is -2.35. The van der Waals surface area contributed by atoms with Gasteiger partial charge in [-0.25, -0.2) is 0 Å². The molecule has 0 aliphatic carbocycles. The first kappa shape index (κ1) is 13.4. The van der Waals surface area contributed by atoms with Gasteiger partial charge in [-0.05, 0) is 37.6 Å². The summed E-state index contributed by atoms with van der Waals surface area (Å²) >= 11 is 1.14. The van der Waals surface area contributed by atoms with E-state index in [1.807, 2.05) is 37.3 Å². The number of thiocyanates is 1. The molecule has 0 aromatic heterocycles. The van der Waals surface area contributed by atoms with Crippen molar-refractivity contribution in [2.45, 2.75) is 24.3 Å². The van der Waals surface area contributed by atoms with Crippen LogP contribution < -0.4 is 0 Å². The number of hydrogen-bond acceptors (Lipinski definition) is 3. The molecule has 0 fully saturated rings. The van der Waals surface area contributed by atoms with Gasteiger partial charge < -0.3 is 0 Å². The second kappa shape index (κ2) is 5.29. The minimum atomic E-state index is -1.06. The van der Waals surface area contributed by atoms with E-state index in [-0.39, 0.29) is 0 Å². The maximum atomic E-state index is 12.6. The molecule has 2 rings (SSSR count). The van der Waals surface area contributed by atoms with E-state index in [0.29, 0.717) is 12.2 Å². The Kier molecular flexibility index (Phi) is 3.94. The van der Waals surface area contributed by atoms with Gasteiger partial charge in [0.2, 0.25) is 0 Å². The summed E-state index contributed by atoms with van der Waals surface area (Å²) in [5.74, 6) is 0.565. The van der Waals surface area contributed by atoms with Gasteiger partial charge in [0.25, 0.3) is 0 Å². The second-order valence-electron chi connectivity index (χ2n) is 4.54. The van der Waals surface area contributed by atoms with Crippen molar-refractivity contribution in [1.82, 2.24) is 0 Å². The van der Waals surface area contributed by atoms with Crippen LogP contribution in [-0.4, -0.2) is 9.96 Å². The van der Waals surface area contributed by atoms with Crippen molar-refractivity contribution < 1.29 is 4.21 Å². The molecule has 4 heteroatoms. The Balaban J connectivity index is 2.53. The van der Waals surface area contributed by atoms with Crippen molar-refractivity contribution in [3.63, 3.8) is 0 Å². The number of nitriles is 1. The molecule has 2 nitrogen and oxygen atoms in total. The summed E-state index contributed by atoms with van der Waals surface area (Å²) in [6.45, 7) is 4.10. The van der Waals surface area contributed by atoms with Crippen LogP contribution in [0.5, 0.6) is 0 Å². The SMILES string of the molecule is CC1=C(C)C[C@@](SC#N)(c2ccccc2)[S@](=O)C1. The van der Waals surface area contributed by atoms with Crippen LogP contribution in [0.3, 0.4) is 0 Å². The molecule has 0 radical (unpaired) electrons. The predicted octanol–water partition coefficient (Wildman–Crippen LogP) is 3.54. The molecule has 0 unspecified atom stereocenters. The van der Waals surface area contributed by atoms with Gasteiger partial charge in [-0.2, -0.15) is 5.26 Å². The Labute approximate surface area is 115 Å². The molecule has 1 aromatic rings. The van der Waals surface area contributed by atoms with Crippen LogP contribution in [0.4, 0.5) is 0 Å². The summed E-state index contributed by atoms with van der Waals surface area (Å²) in [6.07, 6.45) is 0.688. The molecular weight excluding hydrogens is 262 g/mol. The minimum absolute atomic E-state index is 0.565. The van der Waals surface area contributed by atoms with E-state index in [0.717, 1.165) is 17.3 Å². The van der Waals surface area contributed by atoms with Gasteiger partial charge in [0.05, 0.1) is 0 Å². The normalized spacial score (nSPS) is 27.9. The van der Waals surface area contributed by atoms with Crippen LogP contribution in [0.15, 0.2) is 41.5 Å². The smallest absolute Gasteiger partial charge is 0.135 e. The molecule has 1 heterocycles. The molecule has 2 atom stereocenters. The van der Waals surface area contributed by atoms with E-state index in [4.69, 9.17) is 5.26 Å². The molecule has 94 valence electrons. The molecule has 0 amide bonds. The highest BCUT2D eigenvalue weighted by atomic mass is 32.2. The van der Waals surface area contributed by atoms with Gasteiger partial charge in [0.15, 0.2) is 0 Å². The summed E-state index contributed by atoms with van der Waals surface area (Å²) in [6, 6.07) is 9.75. The molecule has 0 saturated carbocycles. The lowest BCUT2D eigenvalue weighted by atomic mass is 10.0. The van der Waals surface area contributed by atoms with Crippen molar-refractivity contribution in [2.75, 3.05) is 5.75 Å². The zero-order valence-corrected chi connectivity index (χ0v) is 12.1. The summed E-state index contributed by atoms with van der Waals surface area (Å²) in [7, 11) is -1.06. The van der Waals surface area contributed by atoms with E-state index in [9.17, 15) is 4.21 Å². The topological polar surface area (TPSA) is 40.9 Å². The third kappa shape index (κ3) is 2.25. The Morgan fingerprint density at radius 1 is 1.28 bits per heavy atom. The molecular formula is C14H15NOS2. The second-order valence-corrected chi connectivity index (χ2v) is 7.56. The lowest BCUT2D eigenvalue weighted by Crippen LogP contribution is -2.33.